The van der Waals surface area contributed by atoms with Gasteiger partial charge in [0.2, 0.25) is 0 Å². The van der Waals surface area contributed by atoms with Crippen molar-refractivity contribution in [2.45, 2.75) is 134 Å². The monoisotopic (exact) mass is 410 g/mol. The predicted molar refractivity (Wildman–Crippen MR) is 116 cm³/mol. The molecule has 0 radical (unpaired) electrons. The second-order valence-corrected chi connectivity index (χ2v) is 10.7. The molecule has 3 aliphatic rings. The molecular weight excluding hydrogens is 364 g/mol. The van der Waals surface area contributed by atoms with Crippen molar-refractivity contribution in [2.24, 2.45) is 23.7 Å². The second-order valence-electron chi connectivity index (χ2n) is 10.7. The fourth-order valence-corrected chi connectivity index (χ4v) is 6.47. The van der Waals surface area contributed by atoms with E-state index < -0.39 is 11.9 Å². The van der Waals surface area contributed by atoms with E-state index in [0.29, 0.717) is 24.7 Å². The SMILES string of the molecule is CCC1CCCC(C2C[C@@H](CC(O)(O)C[C@H](O)CC3CCCCCC3)C(C)O2)C1. The van der Waals surface area contributed by atoms with Crippen LogP contribution in [0.5, 0.6) is 0 Å². The molecule has 4 heteroatoms. The van der Waals surface area contributed by atoms with Crippen molar-refractivity contribution in [1.29, 1.82) is 0 Å². The first-order valence-electron chi connectivity index (χ1n) is 12.6. The fraction of sp³-hybridized carbons (Fsp3) is 1.00. The third kappa shape index (κ3) is 7.19. The molecule has 0 bridgehead atoms. The van der Waals surface area contributed by atoms with Gasteiger partial charge in [-0.3, -0.25) is 0 Å². The summed E-state index contributed by atoms with van der Waals surface area (Å²) in [5.41, 5.74) is 0. The van der Waals surface area contributed by atoms with Gasteiger partial charge in [-0.05, 0) is 56.3 Å². The first kappa shape index (κ1) is 23.5. The van der Waals surface area contributed by atoms with Crippen LogP contribution in [0.4, 0.5) is 0 Å². The zero-order chi connectivity index (χ0) is 20.9. The molecule has 170 valence electrons. The van der Waals surface area contributed by atoms with Gasteiger partial charge in [0.1, 0.15) is 0 Å². The van der Waals surface area contributed by atoms with Gasteiger partial charge < -0.3 is 20.1 Å². The maximum atomic E-state index is 10.7. The Labute approximate surface area is 178 Å². The van der Waals surface area contributed by atoms with Crippen LogP contribution in [0.2, 0.25) is 0 Å². The Hall–Kier alpha value is -0.160. The van der Waals surface area contributed by atoms with E-state index in [1.807, 2.05) is 0 Å². The van der Waals surface area contributed by atoms with Crippen LogP contribution in [0.1, 0.15) is 110 Å². The van der Waals surface area contributed by atoms with Gasteiger partial charge in [0.25, 0.3) is 0 Å². The molecule has 29 heavy (non-hydrogen) atoms. The fourth-order valence-electron chi connectivity index (χ4n) is 6.47. The van der Waals surface area contributed by atoms with E-state index in [1.165, 1.54) is 70.6 Å². The minimum absolute atomic E-state index is 0.0682. The maximum Gasteiger partial charge on any atom is 0.165 e. The first-order valence-corrected chi connectivity index (χ1v) is 12.6. The van der Waals surface area contributed by atoms with Crippen LogP contribution in [0.15, 0.2) is 0 Å². The lowest BCUT2D eigenvalue weighted by Crippen LogP contribution is -2.37. The van der Waals surface area contributed by atoms with Crippen LogP contribution >= 0.6 is 0 Å². The van der Waals surface area contributed by atoms with E-state index in [9.17, 15) is 15.3 Å². The summed E-state index contributed by atoms with van der Waals surface area (Å²) in [6.07, 6.45) is 15.7. The Morgan fingerprint density at radius 2 is 1.62 bits per heavy atom. The molecule has 0 aromatic carbocycles. The van der Waals surface area contributed by atoms with Gasteiger partial charge in [0, 0.05) is 12.8 Å². The smallest absolute Gasteiger partial charge is 0.165 e. The van der Waals surface area contributed by atoms with Crippen LogP contribution in [0, 0.1) is 23.7 Å². The van der Waals surface area contributed by atoms with Crippen molar-refractivity contribution in [2.75, 3.05) is 0 Å². The molecule has 0 spiro atoms. The molecule has 0 aromatic heterocycles. The third-order valence-corrected chi connectivity index (χ3v) is 8.25. The van der Waals surface area contributed by atoms with E-state index >= 15 is 0 Å². The molecule has 4 unspecified atom stereocenters. The molecule has 4 nitrogen and oxygen atoms in total. The Morgan fingerprint density at radius 1 is 0.931 bits per heavy atom. The van der Waals surface area contributed by atoms with Crippen molar-refractivity contribution in [3.8, 4) is 0 Å². The highest BCUT2D eigenvalue weighted by molar-refractivity contribution is 4.89. The van der Waals surface area contributed by atoms with Crippen LogP contribution in [-0.2, 0) is 4.74 Å². The van der Waals surface area contributed by atoms with Crippen molar-refractivity contribution in [1.82, 2.24) is 0 Å². The average Bonchev–Trinajstić information content (AvgIpc) is 2.87. The van der Waals surface area contributed by atoms with E-state index in [-0.39, 0.29) is 24.5 Å². The molecular formula is C25H46O4. The van der Waals surface area contributed by atoms with E-state index in [4.69, 9.17) is 4.74 Å². The van der Waals surface area contributed by atoms with Crippen LogP contribution in [0.25, 0.3) is 0 Å². The molecule has 3 rings (SSSR count). The van der Waals surface area contributed by atoms with Crippen molar-refractivity contribution >= 4 is 0 Å². The van der Waals surface area contributed by atoms with Gasteiger partial charge in [-0.1, -0.05) is 64.7 Å². The summed E-state index contributed by atoms with van der Waals surface area (Å²) >= 11 is 0. The minimum atomic E-state index is -1.79. The molecule has 1 saturated heterocycles. The summed E-state index contributed by atoms with van der Waals surface area (Å²) in [7, 11) is 0. The van der Waals surface area contributed by atoms with Gasteiger partial charge in [-0.25, -0.2) is 0 Å². The lowest BCUT2D eigenvalue weighted by molar-refractivity contribution is -0.195. The predicted octanol–water partition coefficient (Wildman–Crippen LogP) is 5.18. The van der Waals surface area contributed by atoms with Gasteiger partial charge >= 0.3 is 0 Å². The maximum absolute atomic E-state index is 10.7. The number of hydrogen-bond donors (Lipinski definition) is 3. The van der Waals surface area contributed by atoms with Crippen molar-refractivity contribution < 1.29 is 20.1 Å². The molecule has 0 aromatic rings. The van der Waals surface area contributed by atoms with Crippen LogP contribution < -0.4 is 0 Å². The summed E-state index contributed by atoms with van der Waals surface area (Å²) in [5, 5.41) is 31.9. The minimum Gasteiger partial charge on any atom is -0.393 e. The van der Waals surface area contributed by atoms with Gasteiger partial charge in [-0.2, -0.15) is 0 Å². The highest BCUT2D eigenvalue weighted by Gasteiger charge is 2.42. The molecule has 3 fully saturated rings. The van der Waals surface area contributed by atoms with Crippen molar-refractivity contribution in [3.05, 3.63) is 0 Å². The number of rotatable bonds is 8. The summed E-state index contributed by atoms with van der Waals surface area (Å²) in [6, 6.07) is 0. The number of hydrogen-bond acceptors (Lipinski definition) is 4. The first-order chi connectivity index (χ1) is 13.9. The van der Waals surface area contributed by atoms with Crippen LogP contribution in [-0.4, -0.2) is 39.4 Å². The normalized spacial score (nSPS) is 36.1. The number of aliphatic hydroxyl groups is 3. The lowest BCUT2D eigenvalue weighted by atomic mass is 9.76. The molecule has 2 saturated carbocycles. The highest BCUT2D eigenvalue weighted by Crippen LogP contribution is 2.42. The van der Waals surface area contributed by atoms with E-state index in [1.54, 1.807) is 0 Å². The summed E-state index contributed by atoms with van der Waals surface area (Å²) in [5.74, 6) is 0.385. The van der Waals surface area contributed by atoms with Gasteiger partial charge in [0.05, 0.1) is 18.3 Å². The largest absolute Gasteiger partial charge is 0.393 e. The van der Waals surface area contributed by atoms with E-state index in [2.05, 4.69) is 13.8 Å². The average molecular weight is 411 g/mol. The standard InChI is InChI=1S/C25H46O4/c1-3-19-11-8-12-21(13-19)24-15-22(18(2)29-24)16-25(27,28)17-23(26)14-20-9-6-4-5-7-10-20/h18-24,26-28H,3-17H2,1-2H3/t18?,19?,21?,22-,23+,24?/m0/s1. The second kappa shape index (κ2) is 10.9. The van der Waals surface area contributed by atoms with Crippen LogP contribution in [0.3, 0.4) is 0 Å². The lowest BCUT2D eigenvalue weighted by Gasteiger charge is -2.32. The Bertz CT molecular complexity index is 471. The Kier molecular flexibility index (Phi) is 8.86. The molecule has 3 N–H and O–H groups in total. The number of aliphatic hydroxyl groups excluding tert-OH is 1. The molecule has 2 aliphatic carbocycles. The summed E-state index contributed by atoms with van der Waals surface area (Å²) < 4.78 is 6.31. The zero-order valence-electron chi connectivity index (χ0n) is 18.9. The van der Waals surface area contributed by atoms with Crippen molar-refractivity contribution in [3.63, 3.8) is 0 Å². The molecule has 1 heterocycles. The zero-order valence-corrected chi connectivity index (χ0v) is 18.9. The summed E-state index contributed by atoms with van der Waals surface area (Å²) in [6.45, 7) is 4.38. The molecule has 1 aliphatic heterocycles. The number of ether oxygens (including phenoxy) is 1. The Morgan fingerprint density at radius 3 is 2.31 bits per heavy atom. The van der Waals surface area contributed by atoms with E-state index in [0.717, 1.165) is 12.3 Å². The third-order valence-electron chi connectivity index (χ3n) is 8.25. The highest BCUT2D eigenvalue weighted by atomic mass is 16.5. The molecule has 6 atom stereocenters. The summed E-state index contributed by atoms with van der Waals surface area (Å²) in [4.78, 5) is 0. The molecule has 0 amide bonds. The quantitative estimate of drug-likeness (QED) is 0.381. The topological polar surface area (TPSA) is 69.9 Å². The Balaban J connectivity index is 1.46. The van der Waals surface area contributed by atoms with Gasteiger partial charge in [0.15, 0.2) is 5.79 Å². The van der Waals surface area contributed by atoms with Gasteiger partial charge in [-0.15, -0.1) is 0 Å².